The zero-order chi connectivity index (χ0) is 35.6. The Labute approximate surface area is 305 Å². The fourth-order valence-electron chi connectivity index (χ4n) is 8.35. The van der Waals surface area contributed by atoms with Gasteiger partial charge in [0.2, 0.25) is 0 Å². The molecule has 2 aliphatic heterocycles. The summed E-state index contributed by atoms with van der Waals surface area (Å²) >= 11 is 0. The third-order valence-electron chi connectivity index (χ3n) is 11.1. The lowest BCUT2D eigenvalue weighted by atomic mass is 9.73. The number of nitrogens with zero attached hydrogens (tertiary/aromatic N) is 4. The van der Waals surface area contributed by atoms with E-state index in [1.165, 1.54) is 45.0 Å². The van der Waals surface area contributed by atoms with Crippen LogP contribution in [-0.2, 0) is 10.8 Å². The van der Waals surface area contributed by atoms with Crippen molar-refractivity contribution in [1.82, 2.24) is 4.98 Å². The Balaban J connectivity index is 1.07. The Morgan fingerprint density at radius 1 is 0.442 bits per heavy atom. The highest BCUT2D eigenvalue weighted by atomic mass is 15.2. The summed E-state index contributed by atoms with van der Waals surface area (Å²) in [5, 5.41) is 10.1. The molecule has 2 aliphatic rings. The Bertz CT molecular complexity index is 2270. The van der Waals surface area contributed by atoms with Gasteiger partial charge in [-0.05, 0) is 82.9 Å². The second kappa shape index (κ2) is 11.8. The molecule has 0 amide bonds. The first-order valence-corrected chi connectivity index (χ1v) is 17.9. The van der Waals surface area contributed by atoms with Crippen molar-refractivity contribution in [2.24, 2.45) is 0 Å². The van der Waals surface area contributed by atoms with Crippen LogP contribution in [0.1, 0.15) is 55.5 Å². The van der Waals surface area contributed by atoms with Crippen LogP contribution in [0.2, 0.25) is 0 Å². The number of hydrogen-bond acceptors (Lipinski definition) is 4. The third kappa shape index (κ3) is 4.85. The lowest BCUT2D eigenvalue weighted by Gasteiger charge is -2.42. The van der Waals surface area contributed by atoms with Crippen LogP contribution >= 0.6 is 0 Å². The standard InChI is InChI=1S/C48H38N4/c1-47(2)37-13-5-9-17-43(37)51(44-18-10-6-14-38(44)47)35-25-21-33(22-26-35)41-29-32(31-49)30-42(50-41)34-23-27-36(28-24-34)52-45-19-11-7-15-39(45)48(3,4)40-16-8-12-20-46(40)52/h5-30H,1-4H3. The summed E-state index contributed by atoms with van der Waals surface area (Å²) in [6.45, 7) is 9.21. The van der Waals surface area contributed by atoms with Crippen LogP contribution in [-0.4, -0.2) is 4.98 Å². The number of aromatic nitrogens is 1. The SMILES string of the molecule is CC1(C)c2ccccc2N(c2ccc(-c3cc(C#N)cc(-c4ccc(N5c6ccccc6C(C)(C)c6ccccc65)cc4)n3)cc2)c2ccccc21. The Morgan fingerprint density at radius 2 is 0.750 bits per heavy atom. The molecule has 0 radical (unpaired) electrons. The minimum atomic E-state index is -0.112. The predicted octanol–water partition coefficient (Wildman–Crippen LogP) is 12.5. The first-order valence-electron chi connectivity index (χ1n) is 17.9. The maximum atomic E-state index is 10.1. The first-order chi connectivity index (χ1) is 25.3. The molecule has 250 valence electrons. The monoisotopic (exact) mass is 670 g/mol. The lowest BCUT2D eigenvalue weighted by molar-refractivity contribution is 0.632. The van der Waals surface area contributed by atoms with Gasteiger partial charge in [0.05, 0.1) is 45.8 Å². The minimum absolute atomic E-state index is 0.112. The van der Waals surface area contributed by atoms with Crippen LogP contribution in [0.25, 0.3) is 22.5 Å². The molecule has 9 rings (SSSR count). The topological polar surface area (TPSA) is 43.2 Å². The van der Waals surface area contributed by atoms with Crippen LogP contribution < -0.4 is 9.80 Å². The van der Waals surface area contributed by atoms with Crippen molar-refractivity contribution in [2.45, 2.75) is 38.5 Å². The highest BCUT2D eigenvalue weighted by molar-refractivity contribution is 5.88. The first kappa shape index (κ1) is 31.5. The van der Waals surface area contributed by atoms with Gasteiger partial charge in [-0.25, -0.2) is 4.98 Å². The molecule has 0 saturated carbocycles. The van der Waals surface area contributed by atoms with Gasteiger partial charge < -0.3 is 9.80 Å². The van der Waals surface area contributed by atoms with Crippen LogP contribution in [0, 0.1) is 11.3 Å². The van der Waals surface area contributed by atoms with Crippen molar-refractivity contribution >= 4 is 34.1 Å². The van der Waals surface area contributed by atoms with Gasteiger partial charge in [0, 0.05) is 33.3 Å². The van der Waals surface area contributed by atoms with E-state index in [2.05, 4.69) is 189 Å². The summed E-state index contributed by atoms with van der Waals surface area (Å²) in [4.78, 5) is 9.82. The molecule has 1 aromatic heterocycles. The van der Waals surface area contributed by atoms with Gasteiger partial charge in [0.15, 0.2) is 0 Å². The van der Waals surface area contributed by atoms with Crippen molar-refractivity contribution < 1.29 is 0 Å². The lowest BCUT2D eigenvalue weighted by Crippen LogP contribution is -2.30. The number of benzene rings is 6. The van der Waals surface area contributed by atoms with Gasteiger partial charge in [-0.1, -0.05) is 125 Å². The number of fused-ring (bicyclic) bond motifs is 4. The van der Waals surface area contributed by atoms with Gasteiger partial charge in [-0.2, -0.15) is 5.26 Å². The second-order valence-corrected chi connectivity index (χ2v) is 14.8. The van der Waals surface area contributed by atoms with E-state index >= 15 is 0 Å². The Kier molecular flexibility index (Phi) is 7.17. The van der Waals surface area contributed by atoms with Gasteiger partial charge >= 0.3 is 0 Å². The zero-order valence-electron chi connectivity index (χ0n) is 29.8. The van der Waals surface area contributed by atoms with Crippen LogP contribution in [0.15, 0.2) is 158 Å². The molecule has 4 nitrogen and oxygen atoms in total. The quantitative estimate of drug-likeness (QED) is 0.187. The van der Waals surface area contributed by atoms with Crippen molar-refractivity contribution in [2.75, 3.05) is 9.80 Å². The maximum Gasteiger partial charge on any atom is 0.0993 e. The number of rotatable bonds is 4. The van der Waals surface area contributed by atoms with Gasteiger partial charge in [0.25, 0.3) is 0 Å². The fraction of sp³-hybridized carbons (Fsp3) is 0.125. The van der Waals surface area contributed by atoms with E-state index in [1.807, 2.05) is 12.1 Å². The molecule has 3 heterocycles. The van der Waals surface area contributed by atoms with Crippen molar-refractivity contribution in [3.8, 4) is 28.6 Å². The molecule has 0 fully saturated rings. The molecule has 6 aromatic carbocycles. The summed E-state index contributed by atoms with van der Waals surface area (Å²) in [5.74, 6) is 0. The molecule has 0 bridgehead atoms. The summed E-state index contributed by atoms with van der Waals surface area (Å²) in [5.41, 5.74) is 15.9. The molecule has 0 N–H and O–H groups in total. The summed E-state index contributed by atoms with van der Waals surface area (Å²) in [7, 11) is 0. The molecule has 0 aliphatic carbocycles. The molecule has 0 atom stereocenters. The Hall–Kier alpha value is -6.44. The van der Waals surface area contributed by atoms with Crippen LogP contribution in [0.3, 0.4) is 0 Å². The predicted molar refractivity (Wildman–Crippen MR) is 213 cm³/mol. The van der Waals surface area contributed by atoms with Crippen LogP contribution in [0.5, 0.6) is 0 Å². The Morgan fingerprint density at radius 3 is 1.06 bits per heavy atom. The van der Waals surface area contributed by atoms with E-state index < -0.39 is 0 Å². The van der Waals surface area contributed by atoms with Crippen LogP contribution in [0.4, 0.5) is 34.1 Å². The number of pyridine rings is 1. The number of para-hydroxylation sites is 4. The largest absolute Gasteiger partial charge is 0.310 e. The maximum absolute atomic E-state index is 10.1. The molecular weight excluding hydrogens is 633 g/mol. The van der Waals surface area contributed by atoms with E-state index in [4.69, 9.17) is 4.98 Å². The van der Waals surface area contributed by atoms with Gasteiger partial charge in [0.1, 0.15) is 0 Å². The molecule has 0 spiro atoms. The smallest absolute Gasteiger partial charge is 0.0993 e. The van der Waals surface area contributed by atoms with E-state index in [-0.39, 0.29) is 10.8 Å². The van der Waals surface area contributed by atoms with E-state index in [0.29, 0.717) is 5.56 Å². The molecule has 7 aromatic rings. The fourth-order valence-corrected chi connectivity index (χ4v) is 8.35. The average molecular weight is 671 g/mol. The van der Waals surface area contributed by atoms with E-state index in [1.54, 1.807) is 0 Å². The minimum Gasteiger partial charge on any atom is -0.310 e. The number of anilines is 6. The molecule has 0 unspecified atom stereocenters. The summed E-state index contributed by atoms with van der Waals surface area (Å²) < 4.78 is 0. The molecule has 4 heteroatoms. The van der Waals surface area contributed by atoms with Crippen molar-refractivity contribution in [1.29, 1.82) is 5.26 Å². The third-order valence-corrected chi connectivity index (χ3v) is 11.1. The highest BCUT2D eigenvalue weighted by Crippen LogP contribution is 2.53. The molecule has 0 saturated heterocycles. The summed E-state index contributed by atoms with van der Waals surface area (Å²) in [6.07, 6.45) is 0. The average Bonchev–Trinajstić information content (AvgIpc) is 3.18. The number of nitriles is 1. The van der Waals surface area contributed by atoms with E-state index in [9.17, 15) is 5.26 Å². The van der Waals surface area contributed by atoms with Crippen molar-refractivity contribution in [3.63, 3.8) is 0 Å². The molecule has 52 heavy (non-hydrogen) atoms. The second-order valence-electron chi connectivity index (χ2n) is 14.8. The highest BCUT2D eigenvalue weighted by Gasteiger charge is 2.37. The van der Waals surface area contributed by atoms with Crippen molar-refractivity contribution in [3.05, 3.63) is 186 Å². The van der Waals surface area contributed by atoms with Gasteiger partial charge in [-0.3, -0.25) is 0 Å². The summed E-state index contributed by atoms with van der Waals surface area (Å²) in [6, 6.07) is 58.0. The normalized spacial score (nSPS) is 14.8. The van der Waals surface area contributed by atoms with E-state index in [0.717, 1.165) is 33.9 Å². The number of hydrogen-bond donors (Lipinski definition) is 0. The zero-order valence-corrected chi connectivity index (χ0v) is 29.8. The molecular formula is C48H38N4. The van der Waals surface area contributed by atoms with Gasteiger partial charge in [-0.15, -0.1) is 0 Å².